The Labute approximate surface area is 137 Å². The van der Waals surface area contributed by atoms with Crippen LogP contribution in [0.4, 0.5) is 0 Å². The highest BCUT2D eigenvalue weighted by Gasteiger charge is 2.17. The number of carbonyl (C=O) groups is 1. The molecule has 1 heterocycles. The van der Waals surface area contributed by atoms with Crippen LogP contribution >= 0.6 is 12.4 Å². The van der Waals surface area contributed by atoms with Crippen LogP contribution in [-0.4, -0.2) is 56.4 Å². The fourth-order valence-electron chi connectivity index (χ4n) is 2.29. The van der Waals surface area contributed by atoms with Crippen LogP contribution in [0.3, 0.4) is 0 Å². The molecule has 1 fully saturated rings. The first kappa shape index (κ1) is 18.7. The largest absolute Gasteiger partial charge is 0.494 e. The zero-order chi connectivity index (χ0) is 15.1. The van der Waals surface area contributed by atoms with Gasteiger partial charge in [0.2, 0.25) is 0 Å². The van der Waals surface area contributed by atoms with Gasteiger partial charge < -0.3 is 14.2 Å². The lowest BCUT2D eigenvalue weighted by Gasteiger charge is -2.28. The standard InChI is InChI=1S/C16H23NO4.ClH/c1-3-20-15-6-4-14(5-7-15)16(18)21-13(2)12-17-8-10-19-11-9-17;/h4-7,13H,3,8-12H2,1-2H3;1H. The average Bonchev–Trinajstić information content (AvgIpc) is 2.49. The molecule has 0 saturated carbocycles. The molecule has 0 amide bonds. The summed E-state index contributed by atoms with van der Waals surface area (Å²) in [5, 5.41) is 0. The molecule has 6 heteroatoms. The van der Waals surface area contributed by atoms with Crippen LogP contribution in [0.15, 0.2) is 24.3 Å². The van der Waals surface area contributed by atoms with Crippen LogP contribution < -0.4 is 4.74 Å². The monoisotopic (exact) mass is 329 g/mol. The first-order valence-corrected chi connectivity index (χ1v) is 7.43. The van der Waals surface area contributed by atoms with E-state index in [1.165, 1.54) is 0 Å². The predicted molar refractivity (Wildman–Crippen MR) is 87.0 cm³/mol. The number of hydrogen-bond donors (Lipinski definition) is 0. The Morgan fingerprint density at radius 1 is 1.27 bits per heavy atom. The van der Waals surface area contributed by atoms with Crippen LogP contribution in [0.2, 0.25) is 0 Å². The van der Waals surface area contributed by atoms with Gasteiger partial charge in [-0.25, -0.2) is 4.79 Å². The van der Waals surface area contributed by atoms with Gasteiger partial charge in [-0.05, 0) is 38.1 Å². The van der Waals surface area contributed by atoms with E-state index in [0.29, 0.717) is 12.2 Å². The van der Waals surface area contributed by atoms with Crippen molar-refractivity contribution >= 4 is 18.4 Å². The highest BCUT2D eigenvalue weighted by Crippen LogP contribution is 2.13. The molecule has 2 rings (SSSR count). The van der Waals surface area contributed by atoms with Crippen molar-refractivity contribution in [3.63, 3.8) is 0 Å². The van der Waals surface area contributed by atoms with Crippen molar-refractivity contribution in [3.8, 4) is 5.75 Å². The number of carbonyl (C=O) groups excluding carboxylic acids is 1. The van der Waals surface area contributed by atoms with E-state index in [2.05, 4.69) is 4.90 Å². The van der Waals surface area contributed by atoms with E-state index in [9.17, 15) is 4.79 Å². The summed E-state index contributed by atoms with van der Waals surface area (Å²) in [6.45, 7) is 8.49. The number of morpholine rings is 1. The molecule has 1 aliphatic heterocycles. The summed E-state index contributed by atoms with van der Waals surface area (Å²) in [5.74, 6) is 0.467. The molecule has 1 aromatic rings. The molecule has 0 aliphatic carbocycles. The Balaban J connectivity index is 0.00000242. The lowest BCUT2D eigenvalue weighted by Crippen LogP contribution is -2.41. The third-order valence-electron chi connectivity index (χ3n) is 3.33. The van der Waals surface area contributed by atoms with Gasteiger partial charge in [-0.1, -0.05) is 0 Å². The molecule has 0 radical (unpaired) electrons. The fraction of sp³-hybridized carbons (Fsp3) is 0.562. The molecule has 1 aliphatic rings. The number of benzene rings is 1. The highest BCUT2D eigenvalue weighted by molar-refractivity contribution is 5.89. The van der Waals surface area contributed by atoms with Crippen LogP contribution in [0, 0.1) is 0 Å². The van der Waals surface area contributed by atoms with E-state index in [4.69, 9.17) is 14.2 Å². The molecular weight excluding hydrogens is 306 g/mol. The quantitative estimate of drug-likeness (QED) is 0.750. The first-order chi connectivity index (χ1) is 10.2. The minimum atomic E-state index is -0.293. The van der Waals surface area contributed by atoms with Gasteiger partial charge in [-0.15, -0.1) is 12.4 Å². The summed E-state index contributed by atoms with van der Waals surface area (Å²) in [6, 6.07) is 7.03. The number of halogens is 1. The maximum Gasteiger partial charge on any atom is 0.338 e. The molecule has 124 valence electrons. The van der Waals surface area contributed by atoms with E-state index < -0.39 is 0 Å². The van der Waals surface area contributed by atoms with Crippen molar-refractivity contribution in [1.29, 1.82) is 0 Å². The van der Waals surface area contributed by atoms with Crippen molar-refractivity contribution in [1.82, 2.24) is 4.90 Å². The Hall–Kier alpha value is -1.30. The number of ether oxygens (including phenoxy) is 3. The maximum atomic E-state index is 12.1. The Morgan fingerprint density at radius 3 is 2.50 bits per heavy atom. The lowest BCUT2D eigenvalue weighted by atomic mass is 10.2. The molecule has 1 atom stereocenters. The highest BCUT2D eigenvalue weighted by atomic mass is 35.5. The number of nitrogens with zero attached hydrogens (tertiary/aromatic N) is 1. The normalized spacial score (nSPS) is 16.5. The molecule has 5 nitrogen and oxygen atoms in total. The minimum absolute atomic E-state index is 0. The summed E-state index contributed by atoms with van der Waals surface area (Å²) < 4.78 is 16.1. The predicted octanol–water partition coefficient (Wildman–Crippen LogP) is 2.38. The smallest absolute Gasteiger partial charge is 0.338 e. The summed E-state index contributed by atoms with van der Waals surface area (Å²) in [5.41, 5.74) is 0.548. The van der Waals surface area contributed by atoms with Gasteiger partial charge in [0, 0.05) is 19.6 Å². The van der Waals surface area contributed by atoms with Gasteiger partial charge in [0.1, 0.15) is 11.9 Å². The van der Waals surface area contributed by atoms with Crippen LogP contribution in [0.1, 0.15) is 24.2 Å². The topological polar surface area (TPSA) is 48.0 Å². The van der Waals surface area contributed by atoms with Gasteiger partial charge in [0.25, 0.3) is 0 Å². The molecule has 0 bridgehead atoms. The van der Waals surface area contributed by atoms with E-state index in [0.717, 1.165) is 38.6 Å². The van der Waals surface area contributed by atoms with E-state index in [1.807, 2.05) is 13.8 Å². The van der Waals surface area contributed by atoms with Gasteiger partial charge in [-0.3, -0.25) is 4.90 Å². The third kappa shape index (κ3) is 5.83. The molecule has 0 spiro atoms. The number of esters is 1. The molecule has 0 aromatic heterocycles. The molecular formula is C16H24ClNO4. The molecule has 0 N–H and O–H groups in total. The van der Waals surface area contributed by atoms with Gasteiger partial charge in [0.05, 0.1) is 25.4 Å². The van der Waals surface area contributed by atoms with E-state index in [1.54, 1.807) is 24.3 Å². The average molecular weight is 330 g/mol. The Morgan fingerprint density at radius 2 is 1.91 bits per heavy atom. The minimum Gasteiger partial charge on any atom is -0.494 e. The van der Waals surface area contributed by atoms with E-state index in [-0.39, 0.29) is 24.5 Å². The van der Waals surface area contributed by atoms with Crippen molar-refractivity contribution in [2.24, 2.45) is 0 Å². The van der Waals surface area contributed by atoms with Crippen molar-refractivity contribution < 1.29 is 19.0 Å². The van der Waals surface area contributed by atoms with Crippen LogP contribution in [-0.2, 0) is 9.47 Å². The fourth-order valence-corrected chi connectivity index (χ4v) is 2.29. The molecule has 22 heavy (non-hydrogen) atoms. The van der Waals surface area contributed by atoms with Gasteiger partial charge >= 0.3 is 5.97 Å². The van der Waals surface area contributed by atoms with Crippen molar-refractivity contribution in [2.45, 2.75) is 20.0 Å². The summed E-state index contributed by atoms with van der Waals surface area (Å²) >= 11 is 0. The van der Waals surface area contributed by atoms with E-state index >= 15 is 0 Å². The Bertz CT molecular complexity index is 446. The van der Waals surface area contributed by atoms with Crippen molar-refractivity contribution in [3.05, 3.63) is 29.8 Å². The first-order valence-electron chi connectivity index (χ1n) is 7.43. The second-order valence-corrected chi connectivity index (χ2v) is 5.09. The summed E-state index contributed by atoms with van der Waals surface area (Å²) in [4.78, 5) is 14.3. The zero-order valence-electron chi connectivity index (χ0n) is 13.1. The lowest BCUT2D eigenvalue weighted by molar-refractivity contribution is 0.000447. The summed E-state index contributed by atoms with van der Waals surface area (Å²) in [7, 11) is 0. The third-order valence-corrected chi connectivity index (χ3v) is 3.33. The number of hydrogen-bond acceptors (Lipinski definition) is 5. The maximum absolute atomic E-state index is 12.1. The van der Waals surface area contributed by atoms with Gasteiger partial charge in [-0.2, -0.15) is 0 Å². The number of rotatable bonds is 6. The molecule has 1 saturated heterocycles. The van der Waals surface area contributed by atoms with Crippen LogP contribution in [0.25, 0.3) is 0 Å². The second-order valence-electron chi connectivity index (χ2n) is 5.09. The second kappa shape index (κ2) is 9.66. The van der Waals surface area contributed by atoms with Gasteiger partial charge in [0.15, 0.2) is 0 Å². The van der Waals surface area contributed by atoms with Crippen molar-refractivity contribution in [2.75, 3.05) is 39.5 Å². The van der Waals surface area contributed by atoms with Crippen LogP contribution in [0.5, 0.6) is 5.75 Å². The molecule has 1 aromatic carbocycles. The SMILES string of the molecule is CCOc1ccc(C(=O)OC(C)CN2CCOCC2)cc1.Cl. The Kier molecular flexibility index (Phi) is 8.24. The zero-order valence-corrected chi connectivity index (χ0v) is 13.9. The summed E-state index contributed by atoms with van der Waals surface area (Å²) in [6.07, 6.45) is -0.137. The molecule has 1 unspecified atom stereocenters.